The molecule has 0 bridgehead atoms. The van der Waals surface area contributed by atoms with E-state index in [1.165, 1.54) is 12.4 Å². The second-order valence-electron chi connectivity index (χ2n) is 10.4. The predicted molar refractivity (Wildman–Crippen MR) is 144 cm³/mol. The van der Waals surface area contributed by atoms with Crippen LogP contribution in [0, 0.1) is 12.7 Å². The number of hydrogen-bond acceptors (Lipinski definition) is 7. The number of piperazine rings is 1. The summed E-state index contributed by atoms with van der Waals surface area (Å²) < 4.78 is 43.9. The van der Waals surface area contributed by atoms with E-state index in [4.69, 9.17) is 0 Å². The smallest absolute Gasteiger partial charge is 0.252 e. The maximum Gasteiger partial charge on any atom is 0.252 e. The van der Waals surface area contributed by atoms with E-state index in [0.29, 0.717) is 34.2 Å². The maximum atomic E-state index is 15.1. The van der Waals surface area contributed by atoms with Crippen molar-refractivity contribution in [1.29, 1.82) is 0 Å². The lowest BCUT2D eigenvalue weighted by molar-refractivity contribution is -0.103. The molecule has 6 rings (SSSR count). The fraction of sp³-hybridized carbons (Fsp3) is 0.429. The molecule has 2 aliphatic rings. The van der Waals surface area contributed by atoms with Gasteiger partial charge in [-0.3, -0.25) is 4.90 Å². The summed E-state index contributed by atoms with van der Waals surface area (Å²) in [6.07, 6.45) is 2.73. The highest BCUT2D eigenvalue weighted by molar-refractivity contribution is 5.83. The summed E-state index contributed by atoms with van der Waals surface area (Å²) >= 11 is 0. The van der Waals surface area contributed by atoms with Gasteiger partial charge in [-0.05, 0) is 37.2 Å². The average Bonchev–Trinajstić information content (AvgIpc) is 3.25. The van der Waals surface area contributed by atoms with Crippen LogP contribution < -0.4 is 5.32 Å². The van der Waals surface area contributed by atoms with Gasteiger partial charge in [0, 0.05) is 69.4 Å². The molecule has 1 aliphatic carbocycles. The first kappa shape index (κ1) is 25.7. The summed E-state index contributed by atoms with van der Waals surface area (Å²) in [7, 11) is 0. The molecule has 1 aromatic carbocycles. The zero-order valence-corrected chi connectivity index (χ0v) is 22.0. The molecule has 8 nitrogen and oxygen atoms in total. The van der Waals surface area contributed by atoms with Gasteiger partial charge < -0.3 is 14.8 Å². The highest BCUT2D eigenvalue weighted by Gasteiger charge is 2.47. The predicted octanol–water partition coefficient (Wildman–Crippen LogP) is 5.19. The summed E-state index contributed by atoms with van der Waals surface area (Å²) in [4.78, 5) is 22.4. The van der Waals surface area contributed by atoms with E-state index >= 15 is 4.39 Å². The lowest BCUT2D eigenvalue weighted by Gasteiger charge is -2.36. The third kappa shape index (κ3) is 5.33. The van der Waals surface area contributed by atoms with Gasteiger partial charge in [0.05, 0.1) is 11.2 Å². The number of hydrogen-bond donors (Lipinski definition) is 1. The molecule has 0 spiro atoms. The van der Waals surface area contributed by atoms with Crippen LogP contribution in [0.1, 0.15) is 37.2 Å². The number of halogens is 3. The standard InChI is InChI=1S/C28H31F3N8/c1-3-37-6-8-38(9-7-37)16-19-4-5-25(32-15-19)36-26-12-23(33-17-34-26)20-10-22(29)27-24(11-20)39(18(2)35-27)21-13-28(30,31)14-21/h4-5,10-12,15,17,21H,3,6-9,13-14,16H2,1-2H3,(H,32,33,34,36). The van der Waals surface area contributed by atoms with E-state index in [-0.39, 0.29) is 18.4 Å². The number of rotatable bonds is 7. The normalized spacial score (nSPS) is 18.4. The number of fused-ring (bicyclic) bond motifs is 1. The summed E-state index contributed by atoms with van der Waals surface area (Å²) in [6, 6.07) is 8.41. The summed E-state index contributed by atoms with van der Waals surface area (Å²) in [6.45, 7) is 10.2. The lowest BCUT2D eigenvalue weighted by atomic mass is 9.87. The Kier molecular flexibility index (Phi) is 6.72. The molecule has 0 radical (unpaired) electrons. The molecule has 4 heterocycles. The van der Waals surface area contributed by atoms with Crippen LogP contribution in [0.25, 0.3) is 22.3 Å². The molecular weight excluding hydrogens is 505 g/mol. The number of nitrogens with zero attached hydrogens (tertiary/aromatic N) is 7. The number of nitrogens with one attached hydrogen (secondary N) is 1. The molecule has 11 heteroatoms. The largest absolute Gasteiger partial charge is 0.325 e. The molecule has 39 heavy (non-hydrogen) atoms. The van der Waals surface area contributed by atoms with Crippen molar-refractivity contribution >= 4 is 22.7 Å². The fourth-order valence-electron chi connectivity index (χ4n) is 5.52. The van der Waals surface area contributed by atoms with Crippen molar-refractivity contribution in [2.75, 3.05) is 38.0 Å². The summed E-state index contributed by atoms with van der Waals surface area (Å²) in [5.74, 6) is -1.53. The third-order valence-corrected chi connectivity index (χ3v) is 7.72. The molecule has 3 aromatic heterocycles. The van der Waals surface area contributed by atoms with Crippen molar-refractivity contribution in [1.82, 2.24) is 34.3 Å². The fourth-order valence-corrected chi connectivity index (χ4v) is 5.52. The summed E-state index contributed by atoms with van der Waals surface area (Å²) in [5, 5.41) is 3.19. The van der Waals surface area contributed by atoms with Crippen molar-refractivity contribution in [3.8, 4) is 11.3 Å². The Labute approximate surface area is 224 Å². The SMILES string of the molecule is CCN1CCN(Cc2ccc(Nc3cc(-c4cc(F)c5nc(C)n(C6CC(F)(F)C6)c5c4)ncn3)nc2)CC1. The van der Waals surface area contributed by atoms with Gasteiger partial charge in [0.2, 0.25) is 0 Å². The highest BCUT2D eigenvalue weighted by atomic mass is 19.3. The zero-order chi connectivity index (χ0) is 27.1. The van der Waals surface area contributed by atoms with E-state index in [1.54, 1.807) is 23.6 Å². The van der Waals surface area contributed by atoms with Crippen LogP contribution in [0.4, 0.5) is 24.8 Å². The second kappa shape index (κ2) is 10.2. The van der Waals surface area contributed by atoms with Crippen LogP contribution in [0.3, 0.4) is 0 Å². The van der Waals surface area contributed by atoms with Crippen molar-refractivity contribution < 1.29 is 13.2 Å². The Hall–Kier alpha value is -3.57. The molecule has 4 aromatic rings. The van der Waals surface area contributed by atoms with Crippen LogP contribution in [-0.4, -0.2) is 72.9 Å². The Balaban J connectivity index is 1.18. The van der Waals surface area contributed by atoms with Gasteiger partial charge in [0.15, 0.2) is 5.82 Å². The van der Waals surface area contributed by atoms with E-state index < -0.39 is 17.8 Å². The number of benzene rings is 1. The third-order valence-electron chi connectivity index (χ3n) is 7.72. The second-order valence-corrected chi connectivity index (χ2v) is 10.4. The monoisotopic (exact) mass is 536 g/mol. The number of imidazole rings is 1. The van der Waals surface area contributed by atoms with Gasteiger partial charge in [-0.15, -0.1) is 0 Å². The molecule has 1 saturated carbocycles. The van der Waals surface area contributed by atoms with Crippen molar-refractivity contribution in [3.05, 3.63) is 60.1 Å². The van der Waals surface area contributed by atoms with Gasteiger partial charge in [0.25, 0.3) is 5.92 Å². The Morgan fingerprint density at radius 2 is 1.74 bits per heavy atom. The Morgan fingerprint density at radius 1 is 0.974 bits per heavy atom. The number of aromatic nitrogens is 5. The van der Waals surface area contributed by atoms with Crippen LogP contribution >= 0.6 is 0 Å². The van der Waals surface area contributed by atoms with E-state index in [2.05, 4.69) is 48.0 Å². The number of aryl methyl sites for hydroxylation is 1. The van der Waals surface area contributed by atoms with E-state index in [1.807, 2.05) is 12.3 Å². The van der Waals surface area contributed by atoms with Crippen LogP contribution in [0.15, 0.2) is 42.9 Å². The van der Waals surface area contributed by atoms with Gasteiger partial charge in [-0.2, -0.15) is 0 Å². The quantitative estimate of drug-likeness (QED) is 0.349. The first-order chi connectivity index (χ1) is 18.8. The van der Waals surface area contributed by atoms with Crippen molar-refractivity contribution in [2.45, 2.75) is 45.2 Å². The topological polar surface area (TPSA) is 75.0 Å². The average molecular weight is 537 g/mol. The number of alkyl halides is 2. The number of pyridine rings is 1. The highest BCUT2D eigenvalue weighted by Crippen LogP contribution is 2.47. The maximum absolute atomic E-state index is 15.1. The van der Waals surface area contributed by atoms with Gasteiger partial charge >= 0.3 is 0 Å². The van der Waals surface area contributed by atoms with Crippen LogP contribution in [0.5, 0.6) is 0 Å². The first-order valence-corrected chi connectivity index (χ1v) is 13.3. The van der Waals surface area contributed by atoms with Gasteiger partial charge in [-0.1, -0.05) is 13.0 Å². The van der Waals surface area contributed by atoms with Crippen LogP contribution in [0.2, 0.25) is 0 Å². The van der Waals surface area contributed by atoms with Crippen molar-refractivity contribution in [2.24, 2.45) is 0 Å². The van der Waals surface area contributed by atoms with E-state index in [0.717, 1.165) is 44.8 Å². The molecular formula is C28H31F3N8. The van der Waals surface area contributed by atoms with Gasteiger partial charge in [-0.25, -0.2) is 33.1 Å². The molecule has 1 aliphatic heterocycles. The number of anilines is 2. The molecule has 0 amide bonds. The molecule has 1 N–H and O–H groups in total. The molecule has 1 saturated heterocycles. The molecule has 2 fully saturated rings. The van der Waals surface area contributed by atoms with E-state index in [9.17, 15) is 8.78 Å². The lowest BCUT2D eigenvalue weighted by Crippen LogP contribution is -2.45. The summed E-state index contributed by atoms with van der Waals surface area (Å²) in [5.41, 5.74) is 2.83. The molecule has 0 atom stereocenters. The zero-order valence-electron chi connectivity index (χ0n) is 22.0. The molecule has 204 valence electrons. The minimum atomic E-state index is -2.69. The molecule has 0 unspecified atom stereocenters. The number of likely N-dealkylation sites (N-methyl/N-ethyl adjacent to an activating group) is 1. The first-order valence-electron chi connectivity index (χ1n) is 13.3. The minimum Gasteiger partial charge on any atom is -0.325 e. The minimum absolute atomic E-state index is 0.176. The van der Waals surface area contributed by atoms with Crippen molar-refractivity contribution in [3.63, 3.8) is 0 Å². The van der Waals surface area contributed by atoms with Gasteiger partial charge in [0.1, 0.15) is 29.3 Å². The Morgan fingerprint density at radius 3 is 2.44 bits per heavy atom. The Bertz CT molecular complexity index is 1470. The van der Waals surface area contributed by atoms with Crippen LogP contribution in [-0.2, 0) is 6.54 Å².